The van der Waals surface area contributed by atoms with Crippen LogP contribution in [0.4, 0.5) is 11.4 Å². The molecule has 0 aliphatic rings. The molecule has 0 saturated heterocycles. The lowest BCUT2D eigenvalue weighted by atomic mass is 10.1. The summed E-state index contributed by atoms with van der Waals surface area (Å²) in [6, 6.07) is 27.3. The Balaban J connectivity index is 1.82. The molecular formula is C20H14N2O. The zero-order valence-corrected chi connectivity index (χ0v) is 12.4. The molecule has 0 bridgehead atoms. The average molecular weight is 298 g/mol. The summed E-state index contributed by atoms with van der Waals surface area (Å²) in [5.41, 5.74) is 1.20. The van der Waals surface area contributed by atoms with Crippen LogP contribution in [-0.4, -0.2) is 4.86 Å². The fourth-order valence-electron chi connectivity index (χ4n) is 2.77. The second-order valence-electron chi connectivity index (χ2n) is 5.40. The zero-order chi connectivity index (χ0) is 15.6. The predicted molar refractivity (Wildman–Crippen MR) is 93.3 cm³/mol. The summed E-state index contributed by atoms with van der Waals surface area (Å²) in [6.45, 7) is 0. The summed E-state index contributed by atoms with van der Waals surface area (Å²) in [4.78, 5) is 0.701. The van der Waals surface area contributed by atoms with Gasteiger partial charge in [0.05, 0.1) is 5.39 Å². The standard InChI is InChI=1S/C20H14N2O/c23-22(20-11-5-9-16-7-3-4-10-19(16)20)21-18-13-12-15-6-1-2-8-17(15)14-18/h1-14H. The number of nitrogens with zero attached hydrogens (tertiary/aromatic N) is 2. The van der Waals surface area contributed by atoms with Gasteiger partial charge in [-0.3, -0.25) is 0 Å². The van der Waals surface area contributed by atoms with Crippen LogP contribution in [0.2, 0.25) is 0 Å². The van der Waals surface area contributed by atoms with Gasteiger partial charge in [-0.1, -0.05) is 60.7 Å². The van der Waals surface area contributed by atoms with E-state index in [1.165, 1.54) is 0 Å². The van der Waals surface area contributed by atoms with Crippen LogP contribution < -0.4 is 0 Å². The normalized spacial score (nSPS) is 11.9. The molecule has 0 saturated carbocycles. The molecule has 4 aromatic carbocycles. The molecule has 0 aliphatic carbocycles. The number of hydrogen-bond acceptors (Lipinski definition) is 2. The van der Waals surface area contributed by atoms with Gasteiger partial charge in [0.25, 0.3) is 5.69 Å². The Kier molecular flexibility index (Phi) is 3.24. The van der Waals surface area contributed by atoms with E-state index in [1.54, 1.807) is 6.07 Å². The molecule has 0 amide bonds. The van der Waals surface area contributed by atoms with Gasteiger partial charge in [0, 0.05) is 11.2 Å². The molecule has 3 nitrogen and oxygen atoms in total. The van der Waals surface area contributed by atoms with Crippen LogP contribution in [0.1, 0.15) is 0 Å². The van der Waals surface area contributed by atoms with Gasteiger partial charge in [-0.15, -0.1) is 0 Å². The van der Waals surface area contributed by atoms with Crippen LogP contribution in [-0.2, 0) is 0 Å². The van der Waals surface area contributed by atoms with E-state index in [-0.39, 0.29) is 0 Å². The van der Waals surface area contributed by atoms with Crippen molar-refractivity contribution in [2.45, 2.75) is 0 Å². The summed E-state index contributed by atoms with van der Waals surface area (Å²) in [5.74, 6) is 0. The lowest BCUT2D eigenvalue weighted by Crippen LogP contribution is -1.91. The van der Waals surface area contributed by atoms with Crippen LogP contribution in [0.25, 0.3) is 21.5 Å². The van der Waals surface area contributed by atoms with Crippen LogP contribution in [0.15, 0.2) is 90.0 Å². The molecule has 23 heavy (non-hydrogen) atoms. The zero-order valence-electron chi connectivity index (χ0n) is 12.4. The van der Waals surface area contributed by atoms with Crippen LogP contribution >= 0.6 is 0 Å². The van der Waals surface area contributed by atoms with Crippen molar-refractivity contribution in [1.82, 2.24) is 0 Å². The molecule has 4 rings (SSSR count). The van der Waals surface area contributed by atoms with Gasteiger partial charge in [0.15, 0.2) is 0 Å². The number of rotatable bonds is 2. The summed E-state index contributed by atoms with van der Waals surface area (Å²) >= 11 is 0. The minimum absolute atomic E-state index is 0.552. The summed E-state index contributed by atoms with van der Waals surface area (Å²) in [7, 11) is 0. The van der Waals surface area contributed by atoms with E-state index >= 15 is 0 Å². The Hall–Kier alpha value is -3.20. The van der Waals surface area contributed by atoms with E-state index in [1.807, 2.05) is 78.9 Å². The highest BCUT2D eigenvalue weighted by atomic mass is 16.5. The maximum Gasteiger partial charge on any atom is 0.252 e. The van der Waals surface area contributed by atoms with Crippen molar-refractivity contribution in [3.63, 3.8) is 0 Å². The molecule has 0 radical (unpaired) electrons. The van der Waals surface area contributed by atoms with Crippen molar-refractivity contribution in [3.05, 3.63) is 90.1 Å². The lowest BCUT2D eigenvalue weighted by molar-refractivity contribution is -0.433. The van der Waals surface area contributed by atoms with Crippen molar-refractivity contribution in [3.8, 4) is 0 Å². The fraction of sp³-hybridized carbons (Fsp3) is 0. The third kappa shape index (κ3) is 2.53. The third-order valence-corrected chi connectivity index (χ3v) is 3.91. The highest BCUT2D eigenvalue weighted by molar-refractivity contribution is 5.90. The highest BCUT2D eigenvalue weighted by Gasteiger charge is 2.09. The molecule has 4 aromatic rings. The van der Waals surface area contributed by atoms with E-state index in [2.05, 4.69) is 5.11 Å². The Morgan fingerprint density at radius 3 is 2.22 bits per heavy atom. The second kappa shape index (κ2) is 5.54. The first kappa shape index (κ1) is 13.5. The van der Waals surface area contributed by atoms with E-state index in [9.17, 15) is 5.21 Å². The van der Waals surface area contributed by atoms with Crippen LogP contribution in [0, 0.1) is 5.21 Å². The Morgan fingerprint density at radius 2 is 1.35 bits per heavy atom. The van der Waals surface area contributed by atoms with Gasteiger partial charge in [-0.2, -0.15) is 0 Å². The first-order valence-corrected chi connectivity index (χ1v) is 7.47. The molecule has 110 valence electrons. The van der Waals surface area contributed by atoms with Gasteiger partial charge < -0.3 is 5.21 Å². The summed E-state index contributed by atoms with van der Waals surface area (Å²) in [6.07, 6.45) is 0. The lowest BCUT2D eigenvalue weighted by Gasteiger charge is -2.04. The maximum atomic E-state index is 12.5. The average Bonchev–Trinajstić information content (AvgIpc) is 2.61. The highest BCUT2D eigenvalue weighted by Crippen LogP contribution is 2.28. The third-order valence-electron chi connectivity index (χ3n) is 3.91. The Morgan fingerprint density at radius 1 is 0.652 bits per heavy atom. The molecule has 0 N–H and O–H groups in total. The minimum atomic E-state index is 0.552. The van der Waals surface area contributed by atoms with E-state index in [4.69, 9.17) is 0 Å². The van der Waals surface area contributed by atoms with Crippen LogP contribution in [0.5, 0.6) is 0 Å². The summed E-state index contributed by atoms with van der Waals surface area (Å²) in [5, 5.41) is 20.8. The van der Waals surface area contributed by atoms with Gasteiger partial charge in [0.2, 0.25) is 0 Å². The number of fused-ring (bicyclic) bond motifs is 2. The second-order valence-corrected chi connectivity index (χ2v) is 5.40. The number of hydrogen-bond donors (Lipinski definition) is 0. The molecule has 0 fully saturated rings. The van der Waals surface area contributed by atoms with E-state index < -0.39 is 0 Å². The number of benzene rings is 4. The summed E-state index contributed by atoms with van der Waals surface area (Å²) < 4.78 is 0. The predicted octanol–water partition coefficient (Wildman–Crippen LogP) is 5.92. The topological polar surface area (TPSA) is 38.4 Å². The monoisotopic (exact) mass is 298 g/mol. The molecule has 0 heterocycles. The molecule has 0 aromatic heterocycles. The van der Waals surface area contributed by atoms with Gasteiger partial charge >= 0.3 is 0 Å². The van der Waals surface area contributed by atoms with E-state index in [0.29, 0.717) is 16.2 Å². The molecule has 0 aliphatic heterocycles. The first-order valence-electron chi connectivity index (χ1n) is 7.47. The first-order chi connectivity index (χ1) is 11.3. The molecule has 3 heteroatoms. The minimum Gasteiger partial charge on any atom is -0.594 e. The smallest absolute Gasteiger partial charge is 0.252 e. The van der Waals surface area contributed by atoms with Crippen molar-refractivity contribution in [2.24, 2.45) is 5.11 Å². The van der Waals surface area contributed by atoms with Crippen molar-refractivity contribution < 1.29 is 4.86 Å². The van der Waals surface area contributed by atoms with E-state index in [0.717, 1.165) is 21.5 Å². The van der Waals surface area contributed by atoms with Crippen molar-refractivity contribution in [2.75, 3.05) is 0 Å². The Labute approximate surface area is 133 Å². The quantitative estimate of drug-likeness (QED) is 0.257. The van der Waals surface area contributed by atoms with Gasteiger partial charge in [-0.25, -0.2) is 0 Å². The largest absolute Gasteiger partial charge is 0.594 e. The van der Waals surface area contributed by atoms with Gasteiger partial charge in [0.1, 0.15) is 5.69 Å². The van der Waals surface area contributed by atoms with Crippen molar-refractivity contribution in [1.29, 1.82) is 0 Å². The SMILES string of the molecule is [O-][N+](=Nc1ccc2ccccc2c1)c1cccc2ccccc12. The van der Waals surface area contributed by atoms with Crippen molar-refractivity contribution >= 4 is 32.9 Å². The molecule has 0 unspecified atom stereocenters. The Bertz CT molecular complexity index is 1030. The molecular weight excluding hydrogens is 284 g/mol. The number of azo groups is 1. The molecule has 0 atom stereocenters. The fourth-order valence-corrected chi connectivity index (χ4v) is 2.77. The maximum absolute atomic E-state index is 12.5. The van der Waals surface area contributed by atoms with Crippen LogP contribution in [0.3, 0.4) is 0 Å². The van der Waals surface area contributed by atoms with Gasteiger partial charge in [-0.05, 0) is 39.2 Å². The molecule has 0 spiro atoms.